The number of Topliss-reactive ketones (excluding diaryl/α,β-unsaturated/α-hetero) is 1. The third kappa shape index (κ3) is 3.42. The molecule has 0 saturated carbocycles. The van der Waals surface area contributed by atoms with E-state index in [9.17, 15) is 10.1 Å². The maximum absolute atomic E-state index is 12.5. The summed E-state index contributed by atoms with van der Waals surface area (Å²) in [6.07, 6.45) is 0. The summed E-state index contributed by atoms with van der Waals surface area (Å²) in [5, 5.41) is 9.83. The molecule has 0 aliphatic heterocycles. The lowest BCUT2D eigenvalue weighted by molar-refractivity contribution is 0.0978. The van der Waals surface area contributed by atoms with Crippen molar-refractivity contribution in [1.82, 2.24) is 0 Å². The molecule has 21 heavy (non-hydrogen) atoms. The average molecular weight is 300 g/mol. The number of halogens is 1. The van der Waals surface area contributed by atoms with E-state index >= 15 is 0 Å². The Hall–Kier alpha value is -2.31. The molecular weight excluding hydrogens is 286 g/mol. The van der Waals surface area contributed by atoms with E-state index < -0.39 is 5.92 Å². The second-order valence-corrected chi connectivity index (χ2v) is 5.15. The van der Waals surface area contributed by atoms with Crippen LogP contribution < -0.4 is 4.74 Å². The molecule has 0 saturated heterocycles. The van der Waals surface area contributed by atoms with E-state index in [-0.39, 0.29) is 5.78 Å². The average Bonchev–Trinajstić information content (AvgIpc) is 2.47. The number of ketones is 1. The molecule has 0 heterocycles. The number of carbonyl (C=O) groups is 1. The molecule has 0 N–H and O–H groups in total. The summed E-state index contributed by atoms with van der Waals surface area (Å²) in [4.78, 5) is 12.5. The highest BCUT2D eigenvalue weighted by molar-refractivity contribution is 6.31. The second-order valence-electron chi connectivity index (χ2n) is 4.72. The van der Waals surface area contributed by atoms with Gasteiger partial charge in [-0.15, -0.1) is 0 Å². The third-order valence-electron chi connectivity index (χ3n) is 3.17. The van der Waals surface area contributed by atoms with Crippen molar-refractivity contribution in [2.24, 2.45) is 0 Å². The van der Waals surface area contributed by atoms with Crippen LogP contribution in [0.3, 0.4) is 0 Å². The lowest BCUT2D eigenvalue weighted by Crippen LogP contribution is -2.11. The van der Waals surface area contributed by atoms with Crippen molar-refractivity contribution in [3.05, 3.63) is 64.2 Å². The Morgan fingerprint density at radius 3 is 2.43 bits per heavy atom. The zero-order chi connectivity index (χ0) is 15.4. The van der Waals surface area contributed by atoms with Crippen LogP contribution >= 0.6 is 11.6 Å². The Kier molecular flexibility index (Phi) is 4.62. The van der Waals surface area contributed by atoms with Crippen LogP contribution in [0.25, 0.3) is 0 Å². The summed E-state index contributed by atoms with van der Waals surface area (Å²) in [6.45, 7) is 1.86. The zero-order valence-electron chi connectivity index (χ0n) is 11.8. The minimum Gasteiger partial charge on any atom is -0.497 e. The van der Waals surface area contributed by atoms with Crippen molar-refractivity contribution in [2.75, 3.05) is 7.11 Å². The van der Waals surface area contributed by atoms with Gasteiger partial charge in [0.15, 0.2) is 5.78 Å². The standard InChI is InChI=1S/C17H14ClNO2/c1-11-7-13(9-14(18)8-11)17(20)16(10-19)12-3-5-15(21-2)6-4-12/h3-9,16H,1-2H3. The maximum atomic E-state index is 12.5. The predicted octanol–water partition coefficient (Wildman–Crippen LogP) is 4.15. The fourth-order valence-electron chi connectivity index (χ4n) is 2.13. The third-order valence-corrected chi connectivity index (χ3v) is 3.39. The number of hydrogen-bond acceptors (Lipinski definition) is 3. The van der Waals surface area contributed by atoms with Gasteiger partial charge in [0.25, 0.3) is 0 Å². The van der Waals surface area contributed by atoms with Crippen LogP contribution in [0.4, 0.5) is 0 Å². The molecule has 0 bridgehead atoms. The van der Waals surface area contributed by atoms with Crippen molar-refractivity contribution >= 4 is 17.4 Å². The number of nitriles is 1. The fourth-order valence-corrected chi connectivity index (χ4v) is 2.42. The fraction of sp³-hybridized carbons (Fsp3) is 0.176. The molecule has 1 atom stereocenters. The van der Waals surface area contributed by atoms with Gasteiger partial charge in [-0.3, -0.25) is 4.79 Å². The van der Waals surface area contributed by atoms with Gasteiger partial charge in [0.1, 0.15) is 11.7 Å². The van der Waals surface area contributed by atoms with E-state index in [1.165, 1.54) is 0 Å². The number of hydrogen-bond donors (Lipinski definition) is 0. The van der Waals surface area contributed by atoms with Gasteiger partial charge >= 0.3 is 0 Å². The van der Waals surface area contributed by atoms with Crippen molar-refractivity contribution in [2.45, 2.75) is 12.8 Å². The van der Waals surface area contributed by atoms with Crippen LogP contribution in [0.5, 0.6) is 5.75 Å². The van der Waals surface area contributed by atoms with Crippen molar-refractivity contribution in [3.63, 3.8) is 0 Å². The van der Waals surface area contributed by atoms with Gasteiger partial charge in [-0.2, -0.15) is 5.26 Å². The van der Waals surface area contributed by atoms with Gasteiger partial charge in [0, 0.05) is 10.6 Å². The van der Waals surface area contributed by atoms with Gasteiger partial charge in [0.2, 0.25) is 0 Å². The second kappa shape index (κ2) is 6.43. The lowest BCUT2D eigenvalue weighted by Gasteiger charge is -2.10. The van der Waals surface area contributed by atoms with Gasteiger partial charge in [-0.05, 0) is 48.4 Å². The van der Waals surface area contributed by atoms with Crippen LogP contribution in [0.1, 0.15) is 27.4 Å². The van der Waals surface area contributed by atoms with E-state index in [2.05, 4.69) is 6.07 Å². The molecule has 106 valence electrons. The molecule has 0 amide bonds. The molecule has 0 spiro atoms. The summed E-state index contributed by atoms with van der Waals surface area (Å²) in [7, 11) is 1.57. The summed E-state index contributed by atoms with van der Waals surface area (Å²) < 4.78 is 5.07. The summed E-state index contributed by atoms with van der Waals surface area (Å²) in [6, 6.07) is 14.1. The highest BCUT2D eigenvalue weighted by Crippen LogP contribution is 2.25. The molecule has 2 rings (SSSR count). The van der Waals surface area contributed by atoms with E-state index in [0.717, 1.165) is 5.56 Å². The van der Waals surface area contributed by atoms with E-state index in [1.807, 2.05) is 6.92 Å². The first-order valence-corrected chi connectivity index (χ1v) is 6.78. The molecule has 1 unspecified atom stereocenters. The molecule has 2 aromatic carbocycles. The number of aryl methyl sites for hydroxylation is 1. The van der Waals surface area contributed by atoms with Gasteiger partial charge in [0.05, 0.1) is 13.2 Å². The first-order chi connectivity index (χ1) is 10.0. The molecule has 2 aromatic rings. The normalized spacial score (nSPS) is 11.5. The van der Waals surface area contributed by atoms with Gasteiger partial charge < -0.3 is 4.74 Å². The molecule has 0 aliphatic rings. The van der Waals surface area contributed by atoms with E-state index in [0.29, 0.717) is 21.9 Å². The van der Waals surface area contributed by atoms with Crippen LogP contribution in [0.15, 0.2) is 42.5 Å². The largest absolute Gasteiger partial charge is 0.497 e. The van der Waals surface area contributed by atoms with Crippen LogP contribution in [-0.4, -0.2) is 12.9 Å². The molecular formula is C17H14ClNO2. The number of nitrogens with zero attached hydrogens (tertiary/aromatic N) is 1. The molecule has 0 aromatic heterocycles. The quantitative estimate of drug-likeness (QED) is 0.797. The van der Waals surface area contributed by atoms with Gasteiger partial charge in [-0.1, -0.05) is 23.7 Å². The SMILES string of the molecule is COc1ccc(C(C#N)C(=O)c2cc(C)cc(Cl)c2)cc1. The number of benzene rings is 2. The minimum atomic E-state index is -0.853. The van der Waals surface area contributed by atoms with E-state index in [4.69, 9.17) is 16.3 Å². The number of ether oxygens (including phenoxy) is 1. The van der Waals surface area contributed by atoms with Crippen molar-refractivity contribution in [3.8, 4) is 11.8 Å². The molecule has 4 heteroatoms. The summed E-state index contributed by atoms with van der Waals surface area (Å²) in [5.74, 6) is -0.427. The first-order valence-electron chi connectivity index (χ1n) is 6.40. The maximum Gasteiger partial charge on any atom is 0.184 e. The van der Waals surface area contributed by atoms with Crippen LogP contribution in [0, 0.1) is 18.3 Å². The smallest absolute Gasteiger partial charge is 0.184 e. The Morgan fingerprint density at radius 2 is 1.90 bits per heavy atom. The summed E-state index contributed by atoms with van der Waals surface area (Å²) >= 11 is 5.98. The monoisotopic (exact) mass is 299 g/mol. The first kappa shape index (κ1) is 15.1. The highest BCUT2D eigenvalue weighted by atomic mass is 35.5. The zero-order valence-corrected chi connectivity index (χ0v) is 12.5. The van der Waals surface area contributed by atoms with E-state index in [1.54, 1.807) is 49.6 Å². The molecule has 3 nitrogen and oxygen atoms in total. The Balaban J connectivity index is 2.36. The Bertz CT molecular complexity index is 681. The molecule has 0 aliphatic carbocycles. The van der Waals surface area contributed by atoms with Crippen LogP contribution in [-0.2, 0) is 0 Å². The Labute approximate surface area is 128 Å². The van der Waals surface area contributed by atoms with Crippen molar-refractivity contribution in [1.29, 1.82) is 5.26 Å². The number of rotatable bonds is 4. The highest BCUT2D eigenvalue weighted by Gasteiger charge is 2.22. The molecule has 0 radical (unpaired) electrons. The van der Waals surface area contributed by atoms with Crippen molar-refractivity contribution < 1.29 is 9.53 Å². The molecule has 0 fully saturated rings. The topological polar surface area (TPSA) is 50.1 Å². The summed E-state index contributed by atoms with van der Waals surface area (Å²) in [5.41, 5.74) is 1.97. The van der Waals surface area contributed by atoms with Gasteiger partial charge in [-0.25, -0.2) is 0 Å². The number of carbonyl (C=O) groups excluding carboxylic acids is 1. The predicted molar refractivity (Wildman–Crippen MR) is 81.9 cm³/mol. The lowest BCUT2D eigenvalue weighted by atomic mass is 9.91. The van der Waals surface area contributed by atoms with Crippen LogP contribution in [0.2, 0.25) is 5.02 Å². The minimum absolute atomic E-state index is 0.256. The Morgan fingerprint density at radius 1 is 1.24 bits per heavy atom. The number of methoxy groups -OCH3 is 1.